The van der Waals surface area contributed by atoms with Gasteiger partial charge in [0.25, 0.3) is 0 Å². The van der Waals surface area contributed by atoms with E-state index in [1.807, 2.05) is 19.4 Å². The van der Waals surface area contributed by atoms with Crippen LogP contribution in [0.25, 0.3) is 0 Å². The molecule has 0 bridgehead atoms. The van der Waals surface area contributed by atoms with Gasteiger partial charge in [-0.15, -0.1) is 0 Å². The van der Waals surface area contributed by atoms with Gasteiger partial charge in [-0.2, -0.15) is 5.10 Å². The first-order valence-corrected chi connectivity index (χ1v) is 6.40. The average Bonchev–Trinajstić information content (AvgIpc) is 3.06. The van der Waals surface area contributed by atoms with Crippen LogP contribution in [0.1, 0.15) is 11.1 Å². The maximum Gasteiger partial charge on any atom is 0.231 e. The Hall–Kier alpha value is -2.21. The highest BCUT2D eigenvalue weighted by atomic mass is 16.7. The Kier molecular flexibility index (Phi) is 3.47. The minimum atomic E-state index is -0.0983. The minimum Gasteiger partial charge on any atom is -0.493 e. The van der Waals surface area contributed by atoms with Crippen LogP contribution in [0.4, 0.5) is 0 Å². The molecule has 0 radical (unpaired) electrons. The van der Waals surface area contributed by atoms with Crippen LogP contribution >= 0.6 is 0 Å². The van der Waals surface area contributed by atoms with E-state index < -0.39 is 0 Å². The van der Waals surface area contributed by atoms with Crippen molar-refractivity contribution in [1.29, 1.82) is 0 Å². The van der Waals surface area contributed by atoms with Gasteiger partial charge in [0.1, 0.15) is 5.75 Å². The van der Waals surface area contributed by atoms with Gasteiger partial charge in [-0.25, -0.2) is 0 Å². The van der Waals surface area contributed by atoms with Crippen molar-refractivity contribution < 1.29 is 19.3 Å². The van der Waals surface area contributed by atoms with Crippen LogP contribution in [0.3, 0.4) is 0 Å². The third-order valence-electron chi connectivity index (χ3n) is 3.13. The number of hydrogen-bond donors (Lipinski definition) is 1. The zero-order valence-electron chi connectivity index (χ0n) is 11.2. The number of aryl methyl sites for hydroxylation is 1. The zero-order chi connectivity index (χ0) is 13.9. The lowest BCUT2D eigenvalue weighted by atomic mass is 10.2. The lowest BCUT2D eigenvalue weighted by Gasteiger charge is -2.10. The molecule has 20 heavy (non-hydrogen) atoms. The summed E-state index contributed by atoms with van der Waals surface area (Å²) in [5.74, 6) is 1.92. The van der Waals surface area contributed by atoms with Crippen LogP contribution in [-0.4, -0.2) is 28.3 Å². The molecule has 1 aliphatic rings. The minimum absolute atomic E-state index is 0.0983. The van der Waals surface area contributed by atoms with E-state index in [-0.39, 0.29) is 13.4 Å². The molecule has 6 nitrogen and oxygen atoms in total. The van der Waals surface area contributed by atoms with Crippen molar-refractivity contribution in [2.45, 2.75) is 13.0 Å². The number of nitrogens with zero attached hydrogens (tertiary/aromatic N) is 2. The Balaban J connectivity index is 1.67. The molecule has 0 spiro atoms. The largest absolute Gasteiger partial charge is 0.493 e. The number of ether oxygens (including phenoxy) is 3. The second-order valence-electron chi connectivity index (χ2n) is 4.59. The standard InChI is InChI=1S/C14H16N2O4/c1-16-7-10(6-15-16)2-3-18-12-5-14-13(19-9-20-14)4-11(12)8-17/h4-7,17H,2-3,8-9H2,1H3. The summed E-state index contributed by atoms with van der Waals surface area (Å²) in [5.41, 5.74) is 1.80. The second-order valence-corrected chi connectivity index (χ2v) is 4.59. The van der Waals surface area contributed by atoms with Gasteiger partial charge in [0.05, 0.1) is 19.4 Å². The van der Waals surface area contributed by atoms with Gasteiger partial charge in [0.15, 0.2) is 11.5 Å². The van der Waals surface area contributed by atoms with E-state index in [1.165, 1.54) is 0 Å². The molecule has 1 aromatic heterocycles. The third-order valence-corrected chi connectivity index (χ3v) is 3.13. The van der Waals surface area contributed by atoms with Gasteiger partial charge >= 0.3 is 0 Å². The molecule has 106 valence electrons. The molecule has 0 aliphatic carbocycles. The Morgan fingerprint density at radius 1 is 1.35 bits per heavy atom. The van der Waals surface area contributed by atoms with Gasteiger partial charge in [0.2, 0.25) is 6.79 Å². The summed E-state index contributed by atoms with van der Waals surface area (Å²) in [6, 6.07) is 3.51. The predicted octanol–water partition coefficient (Wildman–Crippen LogP) is 1.26. The SMILES string of the molecule is Cn1cc(CCOc2cc3c(cc2CO)OCO3)cn1. The number of rotatable bonds is 5. The fraction of sp³-hybridized carbons (Fsp3) is 0.357. The van der Waals surface area contributed by atoms with Crippen molar-refractivity contribution >= 4 is 0 Å². The smallest absolute Gasteiger partial charge is 0.231 e. The molecule has 6 heteroatoms. The van der Waals surface area contributed by atoms with Crippen molar-refractivity contribution in [3.05, 3.63) is 35.7 Å². The van der Waals surface area contributed by atoms with Crippen molar-refractivity contribution in [3.63, 3.8) is 0 Å². The van der Waals surface area contributed by atoms with Crippen LogP contribution in [0.5, 0.6) is 17.2 Å². The molecular formula is C14H16N2O4. The summed E-state index contributed by atoms with van der Waals surface area (Å²) in [6.07, 6.45) is 4.53. The van der Waals surface area contributed by atoms with E-state index in [4.69, 9.17) is 14.2 Å². The molecule has 0 unspecified atom stereocenters. The lowest BCUT2D eigenvalue weighted by molar-refractivity contribution is 0.173. The maximum atomic E-state index is 9.38. The normalized spacial score (nSPS) is 12.7. The summed E-state index contributed by atoms with van der Waals surface area (Å²) in [5, 5.41) is 13.5. The number of benzene rings is 1. The summed E-state index contributed by atoms with van der Waals surface area (Å²) in [4.78, 5) is 0. The number of fused-ring (bicyclic) bond motifs is 1. The van der Waals surface area contributed by atoms with Crippen LogP contribution in [0, 0.1) is 0 Å². The zero-order valence-corrected chi connectivity index (χ0v) is 11.2. The second kappa shape index (κ2) is 5.42. The fourth-order valence-electron chi connectivity index (χ4n) is 2.10. The molecule has 1 aliphatic heterocycles. The molecule has 0 saturated heterocycles. The van der Waals surface area contributed by atoms with Gasteiger partial charge < -0.3 is 19.3 Å². The first-order valence-electron chi connectivity index (χ1n) is 6.40. The monoisotopic (exact) mass is 276 g/mol. The highest BCUT2D eigenvalue weighted by Gasteiger charge is 2.17. The molecule has 0 amide bonds. The first kappa shape index (κ1) is 12.8. The first-order chi connectivity index (χ1) is 9.76. The van der Waals surface area contributed by atoms with Crippen LogP contribution in [0.2, 0.25) is 0 Å². The number of aromatic nitrogens is 2. The van der Waals surface area contributed by atoms with Crippen molar-refractivity contribution in [2.24, 2.45) is 7.05 Å². The quantitative estimate of drug-likeness (QED) is 0.890. The Morgan fingerprint density at radius 3 is 2.85 bits per heavy atom. The summed E-state index contributed by atoms with van der Waals surface area (Å²) < 4.78 is 18.1. The summed E-state index contributed by atoms with van der Waals surface area (Å²) in [6.45, 7) is 0.622. The number of aliphatic hydroxyl groups excluding tert-OH is 1. The summed E-state index contributed by atoms with van der Waals surface area (Å²) >= 11 is 0. The number of aliphatic hydroxyl groups is 1. The maximum absolute atomic E-state index is 9.38. The highest BCUT2D eigenvalue weighted by molar-refractivity contribution is 5.51. The fourth-order valence-corrected chi connectivity index (χ4v) is 2.10. The Bertz CT molecular complexity index is 609. The van der Waals surface area contributed by atoms with Crippen molar-refractivity contribution in [3.8, 4) is 17.2 Å². The molecule has 2 aromatic rings. The van der Waals surface area contributed by atoms with Crippen molar-refractivity contribution in [1.82, 2.24) is 9.78 Å². The highest BCUT2D eigenvalue weighted by Crippen LogP contribution is 2.38. The van der Waals surface area contributed by atoms with Gasteiger partial charge in [0, 0.05) is 31.3 Å². The van der Waals surface area contributed by atoms with Crippen LogP contribution in [-0.2, 0) is 20.1 Å². The van der Waals surface area contributed by atoms with Gasteiger partial charge in [-0.3, -0.25) is 4.68 Å². The van der Waals surface area contributed by atoms with E-state index in [1.54, 1.807) is 16.8 Å². The Labute approximate surface area is 116 Å². The summed E-state index contributed by atoms with van der Waals surface area (Å²) in [7, 11) is 1.88. The van der Waals surface area contributed by atoms with Gasteiger partial charge in [-0.05, 0) is 11.6 Å². The lowest BCUT2D eigenvalue weighted by Crippen LogP contribution is -2.03. The molecule has 3 rings (SSSR count). The van der Waals surface area contributed by atoms with Crippen LogP contribution in [0.15, 0.2) is 24.5 Å². The molecule has 1 aromatic carbocycles. The van der Waals surface area contributed by atoms with Crippen LogP contribution < -0.4 is 14.2 Å². The molecule has 0 saturated carbocycles. The van der Waals surface area contributed by atoms with E-state index in [0.29, 0.717) is 29.4 Å². The predicted molar refractivity (Wildman–Crippen MR) is 70.9 cm³/mol. The number of hydrogen-bond acceptors (Lipinski definition) is 5. The average molecular weight is 276 g/mol. The Morgan fingerprint density at radius 2 is 2.15 bits per heavy atom. The van der Waals surface area contributed by atoms with Gasteiger partial charge in [-0.1, -0.05) is 0 Å². The van der Waals surface area contributed by atoms with E-state index in [2.05, 4.69) is 5.10 Å². The molecule has 2 heterocycles. The van der Waals surface area contributed by atoms with Crippen molar-refractivity contribution in [2.75, 3.05) is 13.4 Å². The topological polar surface area (TPSA) is 65.7 Å². The molecule has 1 N–H and O–H groups in total. The van der Waals surface area contributed by atoms with E-state index >= 15 is 0 Å². The molecule has 0 atom stereocenters. The molecular weight excluding hydrogens is 260 g/mol. The van der Waals surface area contributed by atoms with E-state index in [0.717, 1.165) is 12.0 Å². The third kappa shape index (κ3) is 2.55. The van der Waals surface area contributed by atoms with E-state index in [9.17, 15) is 5.11 Å². The molecule has 0 fully saturated rings.